The van der Waals surface area contributed by atoms with Crippen LogP contribution in [0.3, 0.4) is 0 Å². The van der Waals surface area contributed by atoms with Crippen LogP contribution in [-0.2, 0) is 12.8 Å². The summed E-state index contributed by atoms with van der Waals surface area (Å²) in [4.78, 5) is 12.1. The number of rotatable bonds is 5. The van der Waals surface area contributed by atoms with Crippen molar-refractivity contribution in [2.24, 2.45) is 0 Å². The number of halogens is 9. The van der Waals surface area contributed by atoms with Crippen molar-refractivity contribution in [1.82, 2.24) is 0 Å². The molecule has 0 aliphatic rings. The number of nitrogens with one attached hydrogen (secondary N) is 1. The summed E-state index contributed by atoms with van der Waals surface area (Å²) in [6.45, 7) is -0.221. The van der Waals surface area contributed by atoms with Gasteiger partial charge in [0.05, 0.1) is 5.02 Å². The zero-order chi connectivity index (χ0) is 23.8. The first kappa shape index (κ1) is 23.9. The van der Waals surface area contributed by atoms with Crippen molar-refractivity contribution in [3.05, 3.63) is 80.2 Å². The van der Waals surface area contributed by atoms with Crippen molar-refractivity contribution in [2.75, 3.05) is 5.32 Å². The number of anilines is 1. The van der Waals surface area contributed by atoms with Crippen molar-refractivity contribution in [3.8, 4) is 5.75 Å². The standard InChI is InChI=1S/C19H8BrClF7NO3/c20-7-1-3-10(9(21)5-7)31-6-8-2-4-11(32-8)18(30)29-17-15(24)13(22)12(19(26,27)28)14(23)16(17)25/h1-5H,6H2,(H,29,30). The largest absolute Gasteiger partial charge is 0.484 e. The van der Waals surface area contributed by atoms with Crippen molar-refractivity contribution in [1.29, 1.82) is 0 Å². The van der Waals surface area contributed by atoms with E-state index in [0.29, 0.717) is 4.47 Å². The van der Waals surface area contributed by atoms with Gasteiger partial charge in [0.2, 0.25) is 0 Å². The van der Waals surface area contributed by atoms with Gasteiger partial charge in [0.15, 0.2) is 29.0 Å². The first-order chi connectivity index (χ1) is 14.9. The molecule has 32 heavy (non-hydrogen) atoms. The third kappa shape index (κ3) is 4.85. The normalized spacial score (nSPS) is 11.5. The van der Waals surface area contributed by atoms with Gasteiger partial charge in [0.25, 0.3) is 5.91 Å². The minimum atomic E-state index is -5.70. The predicted octanol–water partition coefficient (Wildman–Crippen LogP) is 7.10. The summed E-state index contributed by atoms with van der Waals surface area (Å²) in [7, 11) is 0. The number of hydrogen-bond donors (Lipinski definition) is 1. The number of amides is 1. The van der Waals surface area contributed by atoms with Gasteiger partial charge in [-0.3, -0.25) is 4.79 Å². The maximum absolute atomic E-state index is 13.9. The fourth-order valence-electron chi connectivity index (χ4n) is 2.48. The quantitative estimate of drug-likeness (QED) is 0.274. The lowest BCUT2D eigenvalue weighted by molar-refractivity contribution is -0.143. The van der Waals surface area contributed by atoms with Crippen LogP contribution in [0.15, 0.2) is 39.2 Å². The highest BCUT2D eigenvalue weighted by Gasteiger charge is 2.42. The summed E-state index contributed by atoms with van der Waals surface area (Å²) in [5, 5.41) is 1.73. The Hall–Kier alpha value is -2.73. The molecule has 1 heterocycles. The molecule has 4 nitrogen and oxygen atoms in total. The van der Waals surface area contributed by atoms with Crippen LogP contribution in [0.5, 0.6) is 5.75 Å². The zero-order valence-corrected chi connectivity index (χ0v) is 17.6. The average Bonchev–Trinajstić information content (AvgIpc) is 3.17. The highest BCUT2D eigenvalue weighted by atomic mass is 79.9. The molecule has 0 unspecified atom stereocenters. The lowest BCUT2D eigenvalue weighted by Crippen LogP contribution is -2.20. The van der Waals surface area contributed by atoms with Gasteiger partial charge in [0.1, 0.15) is 29.4 Å². The second kappa shape index (κ2) is 9.02. The Balaban J connectivity index is 1.78. The summed E-state index contributed by atoms with van der Waals surface area (Å²) in [6, 6.07) is 7.05. The fraction of sp³-hybridized carbons (Fsp3) is 0.105. The predicted molar refractivity (Wildman–Crippen MR) is 101 cm³/mol. The van der Waals surface area contributed by atoms with Gasteiger partial charge in [-0.15, -0.1) is 0 Å². The maximum atomic E-state index is 13.9. The molecular formula is C19H8BrClF7NO3. The molecule has 0 radical (unpaired) electrons. The third-order valence-corrected chi connectivity index (χ3v) is 4.72. The van der Waals surface area contributed by atoms with Crippen molar-refractivity contribution >= 4 is 39.1 Å². The number of carbonyl (C=O) groups is 1. The Morgan fingerprint density at radius 3 is 2.22 bits per heavy atom. The Labute approximate surface area is 188 Å². The number of furan rings is 1. The molecule has 1 aromatic heterocycles. The van der Waals surface area contributed by atoms with Crippen molar-refractivity contribution < 1.29 is 44.7 Å². The van der Waals surface area contributed by atoms with E-state index in [1.165, 1.54) is 11.4 Å². The van der Waals surface area contributed by atoms with Crippen molar-refractivity contribution in [3.63, 3.8) is 0 Å². The molecule has 3 rings (SSSR count). The Kier molecular flexibility index (Phi) is 6.75. The van der Waals surface area contributed by atoms with Crippen LogP contribution in [-0.4, -0.2) is 5.91 Å². The second-order valence-corrected chi connectivity index (χ2v) is 7.41. The summed E-state index contributed by atoms with van der Waals surface area (Å²) in [6.07, 6.45) is -5.70. The Morgan fingerprint density at radius 1 is 1.03 bits per heavy atom. The maximum Gasteiger partial charge on any atom is 0.422 e. The van der Waals surface area contributed by atoms with E-state index in [-0.39, 0.29) is 23.1 Å². The van der Waals surface area contributed by atoms with Gasteiger partial charge in [0, 0.05) is 4.47 Å². The lowest BCUT2D eigenvalue weighted by Gasteiger charge is -2.14. The number of ether oxygens (including phenoxy) is 1. The molecule has 0 spiro atoms. The van der Waals surface area contributed by atoms with E-state index >= 15 is 0 Å². The molecule has 3 aromatic rings. The van der Waals surface area contributed by atoms with Gasteiger partial charge in [-0.2, -0.15) is 13.2 Å². The summed E-state index contributed by atoms with van der Waals surface area (Å²) >= 11 is 9.20. The van der Waals surface area contributed by atoms with Crippen LogP contribution in [0.1, 0.15) is 21.9 Å². The molecule has 170 valence electrons. The highest BCUT2D eigenvalue weighted by Crippen LogP contribution is 2.38. The molecule has 13 heteroatoms. The number of alkyl halides is 3. The molecule has 0 aliphatic heterocycles. The van der Waals surface area contributed by atoms with Gasteiger partial charge in [-0.05, 0) is 30.3 Å². The number of benzene rings is 2. The van der Waals surface area contributed by atoms with Gasteiger partial charge >= 0.3 is 6.18 Å². The Morgan fingerprint density at radius 2 is 1.66 bits per heavy atom. The van der Waals surface area contributed by atoms with Crippen LogP contribution in [0, 0.1) is 23.3 Å². The van der Waals surface area contributed by atoms with E-state index in [0.717, 1.165) is 6.07 Å². The molecule has 0 fully saturated rings. The van der Waals surface area contributed by atoms with Crippen molar-refractivity contribution in [2.45, 2.75) is 12.8 Å². The molecule has 2 aromatic carbocycles. The van der Waals surface area contributed by atoms with E-state index in [1.54, 1.807) is 18.2 Å². The van der Waals surface area contributed by atoms with Gasteiger partial charge < -0.3 is 14.5 Å². The summed E-state index contributed by atoms with van der Waals surface area (Å²) in [5.74, 6) is -11.9. The second-order valence-electron chi connectivity index (χ2n) is 6.09. The first-order valence-corrected chi connectivity index (χ1v) is 9.48. The summed E-state index contributed by atoms with van der Waals surface area (Å²) in [5.41, 5.74) is -4.50. The highest BCUT2D eigenvalue weighted by molar-refractivity contribution is 9.10. The SMILES string of the molecule is O=C(Nc1c(F)c(F)c(C(F)(F)F)c(F)c1F)c1ccc(COc2ccc(Br)cc2Cl)o1. The van der Waals surface area contributed by atoms with E-state index < -0.39 is 52.4 Å². The smallest absolute Gasteiger partial charge is 0.422 e. The van der Waals surface area contributed by atoms with Gasteiger partial charge in [-0.25, -0.2) is 17.6 Å². The van der Waals surface area contributed by atoms with E-state index in [2.05, 4.69) is 15.9 Å². The molecule has 0 saturated carbocycles. The number of hydrogen-bond acceptors (Lipinski definition) is 3. The van der Waals surface area contributed by atoms with Crippen LogP contribution < -0.4 is 10.1 Å². The molecule has 0 atom stereocenters. The van der Waals surface area contributed by atoms with Crippen LogP contribution >= 0.6 is 27.5 Å². The average molecular weight is 547 g/mol. The molecule has 1 amide bonds. The number of carbonyl (C=O) groups excluding carboxylic acids is 1. The van der Waals surface area contributed by atoms with E-state index in [4.69, 9.17) is 20.8 Å². The molecule has 0 saturated heterocycles. The van der Waals surface area contributed by atoms with Gasteiger partial charge in [-0.1, -0.05) is 27.5 Å². The third-order valence-electron chi connectivity index (χ3n) is 3.93. The van der Waals surface area contributed by atoms with E-state index in [9.17, 15) is 35.5 Å². The minimum Gasteiger partial charge on any atom is -0.484 e. The fourth-order valence-corrected chi connectivity index (χ4v) is 3.21. The lowest BCUT2D eigenvalue weighted by atomic mass is 10.1. The van der Waals surface area contributed by atoms with Crippen LogP contribution in [0.4, 0.5) is 36.4 Å². The minimum absolute atomic E-state index is 0.0554. The molecule has 0 aliphatic carbocycles. The topological polar surface area (TPSA) is 51.5 Å². The monoisotopic (exact) mass is 545 g/mol. The Bertz CT molecular complexity index is 1170. The van der Waals surface area contributed by atoms with Crippen LogP contribution in [0.2, 0.25) is 5.02 Å². The molecular weight excluding hydrogens is 539 g/mol. The molecule has 1 N–H and O–H groups in total. The molecule has 0 bridgehead atoms. The summed E-state index contributed by atoms with van der Waals surface area (Å²) < 4.78 is 104. The van der Waals surface area contributed by atoms with Crippen LogP contribution in [0.25, 0.3) is 0 Å². The van der Waals surface area contributed by atoms with E-state index in [1.807, 2.05) is 0 Å². The first-order valence-electron chi connectivity index (χ1n) is 8.31. The zero-order valence-electron chi connectivity index (χ0n) is 15.2.